The fraction of sp³-hybridized carbons (Fsp3) is 0.167. The van der Waals surface area contributed by atoms with E-state index in [-0.39, 0.29) is 11.3 Å². The lowest BCUT2D eigenvalue weighted by Gasteiger charge is -2.17. The van der Waals surface area contributed by atoms with Gasteiger partial charge in [-0.1, -0.05) is 11.6 Å². The molecule has 1 aliphatic heterocycles. The zero-order valence-corrected chi connectivity index (χ0v) is 18.2. The van der Waals surface area contributed by atoms with Crippen LogP contribution >= 0.6 is 11.6 Å². The van der Waals surface area contributed by atoms with Crippen molar-refractivity contribution in [3.63, 3.8) is 0 Å². The summed E-state index contributed by atoms with van der Waals surface area (Å²) >= 11 is 5.94. The fourth-order valence-electron chi connectivity index (χ4n) is 3.96. The van der Waals surface area contributed by atoms with Crippen LogP contribution in [0.25, 0.3) is 22.6 Å². The van der Waals surface area contributed by atoms with E-state index in [2.05, 4.69) is 10.3 Å². The standard InChI is InChI=1S/C24H19ClN4O4/c25-17-6-3-15(4-7-17)24-27-19-14-18(8-10-22(19)33-24)26-23(30)16-5-9-20(21(13-16)29(31)32)28-11-1-2-12-28/h3-10,13-14H,1-2,11-12H2,(H,26,30). The second-order valence-corrected chi connectivity index (χ2v) is 8.25. The average Bonchev–Trinajstić information content (AvgIpc) is 3.49. The van der Waals surface area contributed by atoms with Gasteiger partial charge in [0.25, 0.3) is 11.6 Å². The van der Waals surface area contributed by atoms with Crippen molar-refractivity contribution < 1.29 is 14.1 Å². The minimum absolute atomic E-state index is 0.0656. The molecule has 1 saturated heterocycles. The number of carbonyl (C=O) groups excluding carboxylic acids is 1. The van der Waals surface area contributed by atoms with Gasteiger partial charge in [-0.05, 0) is 67.4 Å². The quantitative estimate of drug-likeness (QED) is 0.292. The molecule has 3 aromatic carbocycles. The van der Waals surface area contributed by atoms with Crippen LogP contribution < -0.4 is 10.2 Å². The van der Waals surface area contributed by atoms with Gasteiger partial charge in [0.15, 0.2) is 5.58 Å². The molecule has 9 heteroatoms. The van der Waals surface area contributed by atoms with Crippen molar-refractivity contribution in [1.29, 1.82) is 0 Å². The summed E-state index contributed by atoms with van der Waals surface area (Å²) in [6.07, 6.45) is 2.01. The van der Waals surface area contributed by atoms with E-state index in [0.29, 0.717) is 33.4 Å². The van der Waals surface area contributed by atoms with E-state index in [4.69, 9.17) is 16.0 Å². The number of halogens is 1. The largest absolute Gasteiger partial charge is 0.436 e. The van der Waals surface area contributed by atoms with Crippen LogP contribution in [0, 0.1) is 10.1 Å². The Labute approximate surface area is 193 Å². The molecular formula is C24H19ClN4O4. The maximum atomic E-state index is 12.8. The Kier molecular flexibility index (Phi) is 5.43. The van der Waals surface area contributed by atoms with E-state index < -0.39 is 10.8 Å². The van der Waals surface area contributed by atoms with Crippen LogP contribution in [0.1, 0.15) is 23.2 Å². The molecule has 1 amide bonds. The topological polar surface area (TPSA) is 102 Å². The van der Waals surface area contributed by atoms with Gasteiger partial charge in [0.05, 0.1) is 4.92 Å². The summed E-state index contributed by atoms with van der Waals surface area (Å²) in [6.45, 7) is 1.56. The predicted molar refractivity (Wildman–Crippen MR) is 127 cm³/mol. The molecule has 166 valence electrons. The van der Waals surface area contributed by atoms with Crippen LogP contribution in [-0.4, -0.2) is 28.9 Å². The van der Waals surface area contributed by atoms with Gasteiger partial charge in [0.1, 0.15) is 11.2 Å². The molecule has 0 saturated carbocycles. The molecule has 1 fully saturated rings. The number of nitro groups is 1. The SMILES string of the molecule is O=C(Nc1ccc2oc(-c3ccc(Cl)cc3)nc2c1)c1ccc(N2CCCC2)c([N+](=O)[O-])c1. The number of amides is 1. The van der Waals surface area contributed by atoms with Crippen molar-refractivity contribution in [3.8, 4) is 11.5 Å². The van der Waals surface area contributed by atoms with E-state index in [1.54, 1.807) is 42.5 Å². The third kappa shape index (κ3) is 4.25. The molecule has 4 aromatic rings. The molecule has 0 radical (unpaired) electrons. The third-order valence-corrected chi connectivity index (χ3v) is 5.87. The van der Waals surface area contributed by atoms with Crippen LogP contribution in [0.15, 0.2) is 65.1 Å². The molecule has 0 unspecified atom stereocenters. The summed E-state index contributed by atoms with van der Waals surface area (Å²) < 4.78 is 5.80. The number of hydrogen-bond acceptors (Lipinski definition) is 6. The molecule has 0 bridgehead atoms. The summed E-state index contributed by atoms with van der Waals surface area (Å²) in [7, 11) is 0. The van der Waals surface area contributed by atoms with Crippen molar-refractivity contribution in [1.82, 2.24) is 4.98 Å². The molecule has 0 atom stereocenters. The first-order chi connectivity index (χ1) is 16.0. The second-order valence-electron chi connectivity index (χ2n) is 7.82. The highest BCUT2D eigenvalue weighted by molar-refractivity contribution is 6.30. The minimum Gasteiger partial charge on any atom is -0.436 e. The lowest BCUT2D eigenvalue weighted by atomic mass is 10.1. The molecule has 1 aromatic heterocycles. The number of hydrogen-bond donors (Lipinski definition) is 1. The predicted octanol–water partition coefficient (Wildman–Crippen LogP) is 5.91. The van der Waals surface area contributed by atoms with Crippen LogP contribution in [-0.2, 0) is 0 Å². The molecule has 1 N–H and O–H groups in total. The van der Waals surface area contributed by atoms with E-state index >= 15 is 0 Å². The maximum Gasteiger partial charge on any atom is 0.293 e. The molecule has 5 rings (SSSR count). The summed E-state index contributed by atoms with van der Waals surface area (Å²) in [5.74, 6) is 0.00473. The van der Waals surface area contributed by atoms with Crippen molar-refractivity contribution in [2.24, 2.45) is 0 Å². The number of nitrogens with one attached hydrogen (secondary N) is 1. The van der Waals surface area contributed by atoms with Gasteiger partial charge in [-0.2, -0.15) is 0 Å². The molecule has 2 heterocycles. The van der Waals surface area contributed by atoms with E-state index in [1.165, 1.54) is 6.07 Å². The first-order valence-electron chi connectivity index (χ1n) is 10.5. The number of carbonyl (C=O) groups is 1. The van der Waals surface area contributed by atoms with E-state index in [0.717, 1.165) is 31.5 Å². The maximum absolute atomic E-state index is 12.8. The Bertz CT molecular complexity index is 1360. The molecular weight excluding hydrogens is 444 g/mol. The van der Waals surface area contributed by atoms with Gasteiger partial charge in [0, 0.05) is 41.0 Å². The van der Waals surface area contributed by atoms with Gasteiger partial charge >= 0.3 is 0 Å². The van der Waals surface area contributed by atoms with Gasteiger partial charge in [0.2, 0.25) is 5.89 Å². The van der Waals surface area contributed by atoms with Crippen LogP contribution in [0.2, 0.25) is 5.02 Å². The molecule has 8 nitrogen and oxygen atoms in total. The first kappa shape index (κ1) is 21.0. The molecule has 0 aliphatic carbocycles. The fourth-order valence-corrected chi connectivity index (χ4v) is 4.09. The van der Waals surface area contributed by atoms with Crippen molar-refractivity contribution in [3.05, 3.63) is 81.4 Å². The van der Waals surface area contributed by atoms with Crippen LogP contribution in [0.3, 0.4) is 0 Å². The summed E-state index contributed by atoms with van der Waals surface area (Å²) in [6, 6.07) is 16.8. The Hall–Kier alpha value is -3.91. The summed E-state index contributed by atoms with van der Waals surface area (Å²) in [5, 5.41) is 15.0. The number of aromatic nitrogens is 1. The van der Waals surface area contributed by atoms with Gasteiger partial charge in [-0.15, -0.1) is 0 Å². The molecule has 33 heavy (non-hydrogen) atoms. The second kappa shape index (κ2) is 8.55. The van der Waals surface area contributed by atoms with Crippen molar-refractivity contribution in [2.75, 3.05) is 23.3 Å². The highest BCUT2D eigenvalue weighted by Crippen LogP contribution is 2.32. The van der Waals surface area contributed by atoms with Crippen molar-refractivity contribution >= 4 is 45.7 Å². The number of rotatable bonds is 5. The molecule has 1 aliphatic rings. The summed E-state index contributed by atoms with van der Waals surface area (Å²) in [5.41, 5.74) is 3.14. The number of nitro benzene ring substituents is 1. The number of anilines is 2. The molecule has 0 spiro atoms. The Balaban J connectivity index is 1.39. The average molecular weight is 463 g/mol. The highest BCUT2D eigenvalue weighted by Gasteiger charge is 2.24. The lowest BCUT2D eigenvalue weighted by molar-refractivity contribution is -0.384. The lowest BCUT2D eigenvalue weighted by Crippen LogP contribution is -2.19. The highest BCUT2D eigenvalue weighted by atomic mass is 35.5. The number of benzene rings is 3. The number of fused-ring (bicyclic) bond motifs is 1. The first-order valence-corrected chi connectivity index (χ1v) is 10.9. The summed E-state index contributed by atoms with van der Waals surface area (Å²) in [4.78, 5) is 30.5. The Morgan fingerprint density at radius 1 is 1.06 bits per heavy atom. The monoisotopic (exact) mass is 462 g/mol. The van der Waals surface area contributed by atoms with Gasteiger partial charge in [-0.3, -0.25) is 14.9 Å². The van der Waals surface area contributed by atoms with Crippen molar-refractivity contribution in [2.45, 2.75) is 12.8 Å². The van der Waals surface area contributed by atoms with E-state index in [1.807, 2.05) is 17.0 Å². The number of oxazole rings is 1. The van der Waals surface area contributed by atoms with Gasteiger partial charge in [-0.25, -0.2) is 4.98 Å². The zero-order valence-electron chi connectivity index (χ0n) is 17.5. The Morgan fingerprint density at radius 2 is 1.82 bits per heavy atom. The minimum atomic E-state index is -0.440. The number of nitrogens with zero attached hydrogens (tertiary/aromatic N) is 3. The third-order valence-electron chi connectivity index (χ3n) is 5.62. The Morgan fingerprint density at radius 3 is 2.55 bits per heavy atom. The van der Waals surface area contributed by atoms with Crippen LogP contribution in [0.4, 0.5) is 17.1 Å². The zero-order chi connectivity index (χ0) is 22.9. The van der Waals surface area contributed by atoms with E-state index in [9.17, 15) is 14.9 Å². The van der Waals surface area contributed by atoms with Gasteiger partial charge < -0.3 is 14.6 Å². The smallest absolute Gasteiger partial charge is 0.293 e. The van der Waals surface area contributed by atoms with Crippen LogP contribution in [0.5, 0.6) is 0 Å². The normalized spacial score (nSPS) is 13.4.